The Kier molecular flexibility index (Phi) is 24.1. The second kappa shape index (κ2) is 16.5. The largest absolute Gasteiger partial charge is 2.00 e. The summed E-state index contributed by atoms with van der Waals surface area (Å²) in [4.78, 5) is 0. The normalized spacial score (nSPS) is 31.8. The van der Waals surface area contributed by atoms with E-state index in [4.69, 9.17) is 22.9 Å². The van der Waals surface area contributed by atoms with Crippen LogP contribution >= 0.6 is 0 Å². The van der Waals surface area contributed by atoms with Crippen LogP contribution in [0.1, 0.15) is 51.4 Å². The topological polar surface area (TPSA) is 167 Å². The standard InChI is InChI=1S/2C6H14N2.2H2O.2Pt/c2*7-5-3-1-2-4-6(5)8;;;;/h2*5-6H,1-4,7-8H2;2*1H2;;/q;;;;2*+2/t2*5-,6-;;;;/m11..../s1. The van der Waals surface area contributed by atoms with Crippen molar-refractivity contribution in [1.29, 1.82) is 0 Å². The maximum atomic E-state index is 5.65. The molecule has 2 saturated carbocycles. The van der Waals surface area contributed by atoms with Crippen LogP contribution in [0.4, 0.5) is 0 Å². The van der Waals surface area contributed by atoms with Crippen LogP contribution in [0.2, 0.25) is 0 Å². The predicted molar refractivity (Wildman–Crippen MR) is 76.1 cm³/mol. The summed E-state index contributed by atoms with van der Waals surface area (Å²) >= 11 is 0. The molecule has 2 aliphatic rings. The first-order valence-electron chi connectivity index (χ1n) is 6.63. The molecule has 4 atom stereocenters. The first-order chi connectivity index (χ1) is 7.61. The molecule has 0 aromatic rings. The van der Waals surface area contributed by atoms with Crippen molar-refractivity contribution in [3.8, 4) is 0 Å². The van der Waals surface area contributed by atoms with Gasteiger partial charge >= 0.3 is 42.1 Å². The molecule has 0 aromatic heterocycles. The Hall–Kier alpha value is 1.14. The zero-order valence-corrected chi connectivity index (χ0v) is 16.5. The minimum atomic E-state index is 0. The van der Waals surface area contributed by atoms with E-state index in [1.807, 2.05) is 0 Å². The summed E-state index contributed by atoms with van der Waals surface area (Å²) in [5.41, 5.74) is 22.6. The quantitative estimate of drug-likeness (QED) is 0.257. The molecule has 0 bridgehead atoms. The van der Waals surface area contributed by atoms with Crippen molar-refractivity contribution < 1.29 is 53.1 Å². The minimum Gasteiger partial charge on any atom is -0.412 e. The van der Waals surface area contributed by atoms with Crippen LogP contribution in [-0.2, 0) is 42.1 Å². The molecule has 0 heterocycles. The molecule has 0 aromatic carbocycles. The van der Waals surface area contributed by atoms with E-state index in [9.17, 15) is 0 Å². The van der Waals surface area contributed by atoms with Gasteiger partial charge in [-0.3, -0.25) is 0 Å². The van der Waals surface area contributed by atoms with Gasteiger partial charge in [0, 0.05) is 24.2 Å². The van der Waals surface area contributed by atoms with E-state index in [1.54, 1.807) is 0 Å². The van der Waals surface area contributed by atoms with Crippen molar-refractivity contribution in [1.82, 2.24) is 0 Å². The summed E-state index contributed by atoms with van der Waals surface area (Å²) < 4.78 is 0. The van der Waals surface area contributed by atoms with Crippen molar-refractivity contribution in [2.75, 3.05) is 0 Å². The van der Waals surface area contributed by atoms with E-state index >= 15 is 0 Å². The summed E-state index contributed by atoms with van der Waals surface area (Å²) in [6.07, 6.45) is 9.60. The molecule has 0 saturated heterocycles. The van der Waals surface area contributed by atoms with E-state index in [0.29, 0.717) is 0 Å². The fourth-order valence-electron chi connectivity index (χ4n) is 2.38. The average molecular weight is 655 g/mol. The van der Waals surface area contributed by atoms with Gasteiger partial charge in [0.05, 0.1) is 0 Å². The molecule has 12 N–H and O–H groups in total. The maximum absolute atomic E-state index is 5.65. The second-order valence-electron chi connectivity index (χ2n) is 5.22. The van der Waals surface area contributed by atoms with Crippen LogP contribution in [0.25, 0.3) is 0 Å². The van der Waals surface area contributed by atoms with Gasteiger partial charge in [0.1, 0.15) is 0 Å². The van der Waals surface area contributed by atoms with E-state index in [-0.39, 0.29) is 77.3 Å². The summed E-state index contributed by atoms with van der Waals surface area (Å²) in [6, 6.07) is 1.12. The fraction of sp³-hybridized carbons (Fsp3) is 1.00. The van der Waals surface area contributed by atoms with Gasteiger partial charge in [-0.1, -0.05) is 25.7 Å². The molecular weight excluding hydrogens is 622 g/mol. The van der Waals surface area contributed by atoms with Gasteiger partial charge in [0.25, 0.3) is 0 Å². The van der Waals surface area contributed by atoms with Gasteiger partial charge in [0.2, 0.25) is 0 Å². The molecule has 8 heteroatoms. The smallest absolute Gasteiger partial charge is 0.412 e. The number of hydrogen-bond donors (Lipinski definition) is 4. The fourth-order valence-corrected chi connectivity index (χ4v) is 2.38. The SMILES string of the molecule is N[C@@H]1CCCC[C@H]1N.N[C@@H]1CCCC[C@H]1N.O.O.[Pt+2].[Pt+2]. The van der Waals surface area contributed by atoms with E-state index < -0.39 is 0 Å². The van der Waals surface area contributed by atoms with Gasteiger partial charge < -0.3 is 33.9 Å². The summed E-state index contributed by atoms with van der Waals surface area (Å²) in [6.45, 7) is 0. The van der Waals surface area contributed by atoms with Crippen molar-refractivity contribution in [3.05, 3.63) is 0 Å². The van der Waals surface area contributed by atoms with Gasteiger partial charge in [0.15, 0.2) is 0 Å². The van der Waals surface area contributed by atoms with Crippen molar-refractivity contribution >= 4 is 0 Å². The predicted octanol–water partition coefficient (Wildman–Crippen LogP) is -1.22. The zero-order valence-electron chi connectivity index (χ0n) is 11.9. The molecule has 2 aliphatic carbocycles. The minimum absolute atomic E-state index is 0. The molecule has 20 heavy (non-hydrogen) atoms. The number of rotatable bonds is 0. The van der Waals surface area contributed by atoms with Crippen LogP contribution < -0.4 is 22.9 Å². The Bertz CT molecular complexity index is 164. The van der Waals surface area contributed by atoms with E-state index in [1.165, 1.54) is 25.7 Å². The molecule has 0 amide bonds. The Morgan fingerprint density at radius 1 is 0.450 bits per heavy atom. The maximum Gasteiger partial charge on any atom is 2.00 e. The third-order valence-electron chi connectivity index (χ3n) is 3.75. The molecule has 0 unspecified atom stereocenters. The van der Waals surface area contributed by atoms with Crippen molar-refractivity contribution in [2.45, 2.75) is 75.5 Å². The molecule has 2 rings (SSSR count). The van der Waals surface area contributed by atoms with Crippen LogP contribution in [0.5, 0.6) is 0 Å². The van der Waals surface area contributed by atoms with Crippen LogP contribution in [0.3, 0.4) is 0 Å². The second-order valence-corrected chi connectivity index (χ2v) is 5.22. The Morgan fingerprint density at radius 2 is 0.600 bits per heavy atom. The Balaban J connectivity index is -0.000000107. The van der Waals surface area contributed by atoms with Crippen molar-refractivity contribution in [2.24, 2.45) is 22.9 Å². The van der Waals surface area contributed by atoms with Gasteiger partial charge in [-0.25, -0.2) is 0 Å². The third kappa shape index (κ3) is 11.8. The molecule has 6 nitrogen and oxygen atoms in total. The average Bonchev–Trinajstić information content (AvgIpc) is 2.28. The molecule has 0 spiro atoms. The molecule has 0 aliphatic heterocycles. The van der Waals surface area contributed by atoms with Gasteiger partial charge in [-0.05, 0) is 25.7 Å². The number of hydrogen-bond acceptors (Lipinski definition) is 4. The van der Waals surface area contributed by atoms with E-state index in [0.717, 1.165) is 25.7 Å². The van der Waals surface area contributed by atoms with E-state index in [2.05, 4.69) is 0 Å². The molecule has 2 fully saturated rings. The van der Waals surface area contributed by atoms with Crippen LogP contribution in [0.15, 0.2) is 0 Å². The monoisotopic (exact) mass is 654 g/mol. The molecular formula is C12H32N4O2Pt2+4. The Labute approximate surface area is 151 Å². The van der Waals surface area contributed by atoms with Gasteiger partial charge in [-0.2, -0.15) is 0 Å². The summed E-state index contributed by atoms with van der Waals surface area (Å²) in [5.74, 6) is 0. The zero-order chi connectivity index (χ0) is 12.0. The first-order valence-corrected chi connectivity index (χ1v) is 6.63. The molecule has 0 radical (unpaired) electrons. The van der Waals surface area contributed by atoms with Crippen LogP contribution in [0, 0.1) is 0 Å². The summed E-state index contributed by atoms with van der Waals surface area (Å²) in [7, 11) is 0. The summed E-state index contributed by atoms with van der Waals surface area (Å²) in [5, 5.41) is 0. The Morgan fingerprint density at radius 3 is 0.700 bits per heavy atom. The molecule has 128 valence electrons. The number of nitrogens with two attached hydrogens (primary N) is 4. The van der Waals surface area contributed by atoms with Gasteiger partial charge in [-0.15, -0.1) is 0 Å². The van der Waals surface area contributed by atoms with Crippen molar-refractivity contribution in [3.63, 3.8) is 0 Å². The van der Waals surface area contributed by atoms with Crippen LogP contribution in [-0.4, -0.2) is 35.1 Å². The third-order valence-corrected chi connectivity index (χ3v) is 3.75. The first kappa shape index (κ1) is 29.2.